The van der Waals surface area contributed by atoms with Gasteiger partial charge in [0, 0.05) is 19.3 Å². The largest absolute Gasteiger partial charge is 0.462 e. The predicted octanol–water partition coefficient (Wildman–Crippen LogP) is 20.2. The van der Waals surface area contributed by atoms with Crippen LogP contribution in [0.25, 0.3) is 0 Å². The lowest BCUT2D eigenvalue weighted by atomic mass is 10.0. The number of rotatable bonds is 56. The van der Waals surface area contributed by atoms with Crippen molar-refractivity contribution in [2.24, 2.45) is 5.92 Å². The van der Waals surface area contributed by atoms with Crippen LogP contribution in [0.2, 0.25) is 0 Å². The van der Waals surface area contributed by atoms with Gasteiger partial charge in [0.05, 0.1) is 0 Å². The van der Waals surface area contributed by atoms with Crippen LogP contribution in [0.3, 0.4) is 0 Å². The Morgan fingerprint density at radius 2 is 0.493 bits per heavy atom. The SMILES string of the molecule is CCCCCCCCCCCCCCCCCCCCC(=O)OC[C@@H](COC(=O)CCCCCCCCCCCCCCCCC(C)C)OC(=O)CCCCCCCCCCCCCCCC. The van der Waals surface area contributed by atoms with Crippen LogP contribution in [0.1, 0.15) is 349 Å². The third kappa shape index (κ3) is 55.2. The Morgan fingerprint density at radius 1 is 0.284 bits per heavy atom. The molecular formula is C61H118O6. The molecule has 0 aliphatic carbocycles. The molecule has 0 heterocycles. The van der Waals surface area contributed by atoms with Gasteiger partial charge in [-0.2, -0.15) is 0 Å². The molecule has 0 fully saturated rings. The number of hydrogen-bond acceptors (Lipinski definition) is 6. The van der Waals surface area contributed by atoms with Crippen molar-refractivity contribution in [2.45, 2.75) is 355 Å². The molecular weight excluding hydrogens is 829 g/mol. The van der Waals surface area contributed by atoms with E-state index in [0.29, 0.717) is 19.3 Å². The zero-order valence-corrected chi connectivity index (χ0v) is 45.9. The van der Waals surface area contributed by atoms with E-state index in [1.165, 1.54) is 244 Å². The van der Waals surface area contributed by atoms with Crippen LogP contribution in [0.4, 0.5) is 0 Å². The topological polar surface area (TPSA) is 78.9 Å². The van der Waals surface area contributed by atoms with E-state index in [0.717, 1.165) is 63.7 Å². The Morgan fingerprint density at radius 3 is 0.731 bits per heavy atom. The Labute approximate surface area is 418 Å². The monoisotopic (exact) mass is 947 g/mol. The molecule has 0 unspecified atom stereocenters. The van der Waals surface area contributed by atoms with Crippen molar-refractivity contribution in [1.82, 2.24) is 0 Å². The van der Waals surface area contributed by atoms with Gasteiger partial charge in [-0.15, -0.1) is 0 Å². The molecule has 6 heteroatoms. The van der Waals surface area contributed by atoms with Crippen LogP contribution < -0.4 is 0 Å². The molecule has 0 aliphatic heterocycles. The summed E-state index contributed by atoms with van der Waals surface area (Å²) in [5.74, 6) is 0.0136. The number of carbonyl (C=O) groups is 3. The normalized spacial score (nSPS) is 12.0. The van der Waals surface area contributed by atoms with Crippen LogP contribution in [-0.4, -0.2) is 37.2 Å². The second kappa shape index (κ2) is 55.3. The Kier molecular flexibility index (Phi) is 54.0. The molecule has 0 saturated carbocycles. The lowest BCUT2D eigenvalue weighted by Crippen LogP contribution is -2.30. The summed E-state index contributed by atoms with van der Waals surface area (Å²) in [5, 5.41) is 0. The third-order valence-electron chi connectivity index (χ3n) is 14.0. The zero-order valence-electron chi connectivity index (χ0n) is 45.9. The average Bonchev–Trinajstić information content (AvgIpc) is 3.31. The first-order valence-corrected chi connectivity index (χ1v) is 30.4. The van der Waals surface area contributed by atoms with E-state index < -0.39 is 6.10 Å². The molecule has 0 spiro atoms. The molecule has 0 aromatic heterocycles. The highest BCUT2D eigenvalue weighted by Crippen LogP contribution is 2.18. The number of ether oxygens (including phenoxy) is 3. The molecule has 0 aromatic carbocycles. The fourth-order valence-corrected chi connectivity index (χ4v) is 9.46. The van der Waals surface area contributed by atoms with Crippen molar-refractivity contribution in [1.29, 1.82) is 0 Å². The molecule has 0 aromatic rings. The molecule has 0 aliphatic rings. The van der Waals surface area contributed by atoms with Crippen LogP contribution in [0.15, 0.2) is 0 Å². The smallest absolute Gasteiger partial charge is 0.306 e. The van der Waals surface area contributed by atoms with Gasteiger partial charge in [0.1, 0.15) is 13.2 Å². The van der Waals surface area contributed by atoms with Gasteiger partial charge in [0.2, 0.25) is 0 Å². The van der Waals surface area contributed by atoms with Crippen molar-refractivity contribution in [3.05, 3.63) is 0 Å². The average molecular weight is 948 g/mol. The molecule has 0 amide bonds. The fraction of sp³-hybridized carbons (Fsp3) is 0.951. The van der Waals surface area contributed by atoms with E-state index in [1.54, 1.807) is 0 Å². The van der Waals surface area contributed by atoms with Crippen LogP contribution >= 0.6 is 0 Å². The van der Waals surface area contributed by atoms with Crippen LogP contribution in [-0.2, 0) is 28.6 Å². The van der Waals surface area contributed by atoms with E-state index in [2.05, 4.69) is 27.7 Å². The first kappa shape index (κ1) is 65.4. The van der Waals surface area contributed by atoms with Crippen molar-refractivity contribution in [3.63, 3.8) is 0 Å². The van der Waals surface area contributed by atoms with Crippen molar-refractivity contribution in [2.75, 3.05) is 13.2 Å². The molecule has 0 saturated heterocycles. The minimum Gasteiger partial charge on any atom is -0.462 e. The molecule has 67 heavy (non-hydrogen) atoms. The third-order valence-corrected chi connectivity index (χ3v) is 14.0. The molecule has 398 valence electrons. The highest BCUT2D eigenvalue weighted by Gasteiger charge is 2.19. The predicted molar refractivity (Wildman–Crippen MR) is 289 cm³/mol. The summed E-state index contributed by atoms with van der Waals surface area (Å²) >= 11 is 0. The number of esters is 3. The summed E-state index contributed by atoms with van der Waals surface area (Å²) in [5.41, 5.74) is 0. The summed E-state index contributed by atoms with van der Waals surface area (Å²) in [6, 6.07) is 0. The lowest BCUT2D eigenvalue weighted by Gasteiger charge is -2.18. The Bertz CT molecular complexity index is 1010. The fourth-order valence-electron chi connectivity index (χ4n) is 9.46. The summed E-state index contributed by atoms with van der Waals surface area (Å²) in [6.45, 7) is 9.08. The first-order valence-electron chi connectivity index (χ1n) is 30.4. The molecule has 6 nitrogen and oxygen atoms in total. The molecule has 1 atom stereocenters. The van der Waals surface area contributed by atoms with Crippen molar-refractivity contribution >= 4 is 17.9 Å². The van der Waals surface area contributed by atoms with Crippen LogP contribution in [0.5, 0.6) is 0 Å². The molecule has 0 bridgehead atoms. The maximum atomic E-state index is 12.9. The highest BCUT2D eigenvalue weighted by molar-refractivity contribution is 5.71. The quantitative estimate of drug-likeness (QED) is 0.0343. The summed E-state index contributed by atoms with van der Waals surface area (Å²) in [7, 11) is 0. The Hall–Kier alpha value is -1.59. The minimum absolute atomic E-state index is 0.0614. The maximum Gasteiger partial charge on any atom is 0.306 e. The highest BCUT2D eigenvalue weighted by atomic mass is 16.6. The lowest BCUT2D eigenvalue weighted by molar-refractivity contribution is -0.167. The van der Waals surface area contributed by atoms with E-state index in [9.17, 15) is 14.4 Å². The van der Waals surface area contributed by atoms with Gasteiger partial charge in [0.25, 0.3) is 0 Å². The van der Waals surface area contributed by atoms with Gasteiger partial charge in [-0.25, -0.2) is 0 Å². The summed E-state index contributed by atoms with van der Waals surface area (Å²) < 4.78 is 16.9. The van der Waals surface area contributed by atoms with Crippen molar-refractivity contribution in [3.8, 4) is 0 Å². The van der Waals surface area contributed by atoms with Gasteiger partial charge in [-0.05, 0) is 25.2 Å². The summed E-state index contributed by atoms with van der Waals surface area (Å²) in [4.78, 5) is 38.2. The van der Waals surface area contributed by atoms with Gasteiger partial charge < -0.3 is 14.2 Å². The first-order chi connectivity index (χ1) is 32.9. The second-order valence-corrected chi connectivity index (χ2v) is 21.5. The molecule has 0 N–H and O–H groups in total. The summed E-state index contributed by atoms with van der Waals surface area (Å²) in [6.07, 6.45) is 60.9. The number of unbranched alkanes of at least 4 members (excludes halogenated alkanes) is 43. The minimum atomic E-state index is -0.762. The Balaban J connectivity index is 4.27. The number of carbonyl (C=O) groups excluding carboxylic acids is 3. The van der Waals surface area contributed by atoms with E-state index in [4.69, 9.17) is 14.2 Å². The van der Waals surface area contributed by atoms with E-state index >= 15 is 0 Å². The van der Waals surface area contributed by atoms with Gasteiger partial charge in [0.15, 0.2) is 6.10 Å². The van der Waals surface area contributed by atoms with Crippen molar-refractivity contribution < 1.29 is 28.6 Å². The number of hydrogen-bond donors (Lipinski definition) is 0. The molecule has 0 rings (SSSR count). The standard InChI is InChI=1S/C61H118O6/c1-5-7-9-11-13-15-17-19-21-22-23-24-29-32-36-40-44-48-52-59(62)65-55-58(67-61(64)54-50-46-42-38-34-28-20-18-16-14-12-10-8-6-2)56-66-60(63)53-49-45-41-37-33-30-26-25-27-31-35-39-43-47-51-57(3)4/h57-58H,5-56H2,1-4H3/t58-/m0/s1. The molecule has 0 radical (unpaired) electrons. The van der Waals surface area contributed by atoms with Gasteiger partial charge in [-0.3, -0.25) is 14.4 Å². The van der Waals surface area contributed by atoms with Crippen LogP contribution in [0, 0.1) is 5.92 Å². The van der Waals surface area contributed by atoms with Gasteiger partial charge >= 0.3 is 17.9 Å². The zero-order chi connectivity index (χ0) is 48.8. The second-order valence-electron chi connectivity index (χ2n) is 21.5. The maximum absolute atomic E-state index is 12.9. The van der Waals surface area contributed by atoms with Gasteiger partial charge in [-0.1, -0.05) is 310 Å². The van der Waals surface area contributed by atoms with E-state index in [1.807, 2.05) is 0 Å². The van der Waals surface area contributed by atoms with E-state index in [-0.39, 0.29) is 31.1 Å².